The minimum Gasteiger partial charge on any atom is -0.382 e. The van der Waals surface area contributed by atoms with Crippen LogP contribution in [0.2, 0.25) is 10.0 Å². The van der Waals surface area contributed by atoms with Gasteiger partial charge in [-0.15, -0.1) is 0 Å². The highest BCUT2D eigenvalue weighted by Crippen LogP contribution is 2.30. The van der Waals surface area contributed by atoms with Crippen LogP contribution in [0.15, 0.2) is 23.2 Å². The van der Waals surface area contributed by atoms with Crippen LogP contribution >= 0.6 is 23.2 Å². The van der Waals surface area contributed by atoms with Crippen LogP contribution < -0.4 is 10.6 Å². The van der Waals surface area contributed by atoms with Crippen LogP contribution in [0.4, 0.5) is 0 Å². The number of rotatable bonds is 10. The summed E-state index contributed by atoms with van der Waals surface area (Å²) >= 11 is 12.5. The summed E-state index contributed by atoms with van der Waals surface area (Å²) in [7, 11) is 3.41. The van der Waals surface area contributed by atoms with Gasteiger partial charge < -0.3 is 20.1 Å². The number of aliphatic imine (C=N–C) groups is 1. The first-order valence-electron chi connectivity index (χ1n) is 8.05. The summed E-state index contributed by atoms with van der Waals surface area (Å²) in [6, 6.07) is 5.56. The van der Waals surface area contributed by atoms with Crippen LogP contribution in [-0.2, 0) is 9.47 Å². The van der Waals surface area contributed by atoms with E-state index in [2.05, 4.69) is 22.5 Å². The number of halogens is 2. The quantitative estimate of drug-likeness (QED) is 0.374. The summed E-state index contributed by atoms with van der Waals surface area (Å²) in [6.45, 7) is 5.50. The Morgan fingerprint density at radius 1 is 1.17 bits per heavy atom. The Kier molecular flexibility index (Phi) is 10.8. The zero-order valence-corrected chi connectivity index (χ0v) is 16.1. The fourth-order valence-electron chi connectivity index (χ4n) is 2.18. The minimum absolute atomic E-state index is 0.169. The predicted molar refractivity (Wildman–Crippen MR) is 102 cm³/mol. The zero-order chi connectivity index (χ0) is 17.8. The van der Waals surface area contributed by atoms with Crippen LogP contribution in [0.3, 0.4) is 0 Å². The van der Waals surface area contributed by atoms with Crippen molar-refractivity contribution in [3.63, 3.8) is 0 Å². The van der Waals surface area contributed by atoms with E-state index < -0.39 is 0 Å². The van der Waals surface area contributed by atoms with E-state index in [4.69, 9.17) is 32.7 Å². The molecule has 136 valence electrons. The largest absolute Gasteiger partial charge is 0.382 e. The maximum Gasteiger partial charge on any atom is 0.190 e. The van der Waals surface area contributed by atoms with E-state index in [9.17, 15) is 0 Å². The first kappa shape index (κ1) is 21.0. The third-order valence-electron chi connectivity index (χ3n) is 3.48. The Morgan fingerprint density at radius 3 is 2.50 bits per heavy atom. The molecule has 5 nitrogen and oxygen atoms in total. The van der Waals surface area contributed by atoms with Crippen molar-refractivity contribution in [3.05, 3.63) is 33.8 Å². The van der Waals surface area contributed by atoms with Gasteiger partial charge in [-0.25, -0.2) is 0 Å². The van der Waals surface area contributed by atoms with Gasteiger partial charge >= 0.3 is 0 Å². The molecule has 0 amide bonds. The van der Waals surface area contributed by atoms with Crippen molar-refractivity contribution in [1.82, 2.24) is 10.6 Å². The molecule has 0 aliphatic carbocycles. The van der Waals surface area contributed by atoms with E-state index in [1.807, 2.05) is 18.2 Å². The molecule has 0 aliphatic heterocycles. The molecule has 0 saturated heterocycles. The van der Waals surface area contributed by atoms with Crippen molar-refractivity contribution < 1.29 is 9.47 Å². The Morgan fingerprint density at radius 2 is 1.88 bits per heavy atom. The Hall–Kier alpha value is -1.01. The highest BCUT2D eigenvalue weighted by atomic mass is 35.5. The monoisotopic (exact) mass is 375 g/mol. The molecule has 0 bridgehead atoms. The summed E-state index contributed by atoms with van der Waals surface area (Å²) in [5.41, 5.74) is 0.954. The van der Waals surface area contributed by atoms with Crippen molar-refractivity contribution in [2.75, 3.05) is 47.1 Å². The molecule has 1 aromatic carbocycles. The number of benzene rings is 1. The van der Waals surface area contributed by atoms with Gasteiger partial charge in [0, 0.05) is 49.8 Å². The van der Waals surface area contributed by atoms with Crippen molar-refractivity contribution in [2.24, 2.45) is 4.99 Å². The first-order valence-corrected chi connectivity index (χ1v) is 8.80. The molecule has 24 heavy (non-hydrogen) atoms. The van der Waals surface area contributed by atoms with Gasteiger partial charge in [0.15, 0.2) is 5.96 Å². The standard InChI is InChI=1S/C17H27Cl2N3O2/c1-13(16-14(18)6-4-7-15(16)19)12-22-17(20-2)21-8-5-9-24-11-10-23-3/h4,6-7,13H,5,8-12H2,1-3H3,(H2,20,21,22). The van der Waals surface area contributed by atoms with Gasteiger partial charge in [-0.05, 0) is 24.1 Å². The van der Waals surface area contributed by atoms with Gasteiger partial charge in [-0.1, -0.05) is 36.2 Å². The van der Waals surface area contributed by atoms with Gasteiger partial charge in [0.2, 0.25) is 0 Å². The Labute approximate surface area is 154 Å². The number of hydrogen-bond acceptors (Lipinski definition) is 3. The fourth-order valence-corrected chi connectivity index (χ4v) is 2.95. The molecule has 0 heterocycles. The topological polar surface area (TPSA) is 54.9 Å². The maximum atomic E-state index is 6.25. The molecule has 1 atom stereocenters. The van der Waals surface area contributed by atoms with Crippen molar-refractivity contribution in [3.8, 4) is 0 Å². The van der Waals surface area contributed by atoms with E-state index in [0.29, 0.717) is 36.4 Å². The second-order valence-electron chi connectivity index (χ2n) is 5.37. The van der Waals surface area contributed by atoms with Crippen LogP contribution in [0, 0.1) is 0 Å². The van der Waals surface area contributed by atoms with Gasteiger partial charge in [0.05, 0.1) is 13.2 Å². The summed E-state index contributed by atoms with van der Waals surface area (Å²) in [4.78, 5) is 4.21. The predicted octanol–water partition coefficient (Wildman–Crippen LogP) is 3.32. The lowest BCUT2D eigenvalue weighted by Crippen LogP contribution is -2.39. The molecule has 1 unspecified atom stereocenters. The smallest absolute Gasteiger partial charge is 0.190 e. The summed E-state index contributed by atoms with van der Waals surface area (Å²) in [5, 5.41) is 7.93. The molecule has 0 radical (unpaired) electrons. The number of methoxy groups -OCH3 is 1. The molecular formula is C17H27Cl2N3O2. The Bertz CT molecular complexity index is 492. The average molecular weight is 376 g/mol. The number of nitrogens with one attached hydrogen (secondary N) is 2. The second kappa shape index (κ2) is 12.4. The molecule has 1 aromatic rings. The van der Waals surface area contributed by atoms with Crippen LogP contribution in [0.25, 0.3) is 0 Å². The van der Waals surface area contributed by atoms with E-state index >= 15 is 0 Å². The molecule has 0 saturated carbocycles. The third-order valence-corrected chi connectivity index (χ3v) is 4.14. The minimum atomic E-state index is 0.169. The molecule has 2 N–H and O–H groups in total. The van der Waals surface area contributed by atoms with E-state index in [-0.39, 0.29) is 5.92 Å². The lowest BCUT2D eigenvalue weighted by atomic mass is 10.0. The normalized spacial score (nSPS) is 13.0. The summed E-state index contributed by atoms with van der Waals surface area (Å²) in [6.07, 6.45) is 0.899. The van der Waals surface area contributed by atoms with Gasteiger partial charge in [0.25, 0.3) is 0 Å². The van der Waals surface area contributed by atoms with Crippen molar-refractivity contribution in [1.29, 1.82) is 0 Å². The number of guanidine groups is 1. The van der Waals surface area contributed by atoms with E-state index in [0.717, 1.165) is 24.5 Å². The van der Waals surface area contributed by atoms with Gasteiger partial charge in [-0.3, -0.25) is 4.99 Å². The molecule has 1 rings (SSSR count). The SMILES string of the molecule is CN=C(NCCCOCCOC)NCC(C)c1c(Cl)cccc1Cl. The zero-order valence-electron chi connectivity index (χ0n) is 14.6. The first-order chi connectivity index (χ1) is 11.6. The molecule has 0 aromatic heterocycles. The van der Waals surface area contributed by atoms with Crippen LogP contribution in [-0.4, -0.2) is 53.0 Å². The van der Waals surface area contributed by atoms with E-state index in [1.54, 1.807) is 14.2 Å². The van der Waals surface area contributed by atoms with Gasteiger partial charge in [-0.2, -0.15) is 0 Å². The van der Waals surface area contributed by atoms with Gasteiger partial charge in [0.1, 0.15) is 0 Å². The summed E-state index contributed by atoms with van der Waals surface area (Å²) < 4.78 is 10.3. The number of nitrogens with zero attached hydrogens (tertiary/aromatic N) is 1. The number of hydrogen-bond donors (Lipinski definition) is 2. The van der Waals surface area contributed by atoms with E-state index in [1.165, 1.54) is 0 Å². The molecular weight excluding hydrogens is 349 g/mol. The summed E-state index contributed by atoms with van der Waals surface area (Å²) in [5.74, 6) is 0.920. The third kappa shape index (κ3) is 7.71. The fraction of sp³-hybridized carbons (Fsp3) is 0.588. The van der Waals surface area contributed by atoms with Crippen LogP contribution in [0.1, 0.15) is 24.8 Å². The molecule has 0 aliphatic rings. The highest BCUT2D eigenvalue weighted by Gasteiger charge is 2.13. The second-order valence-corrected chi connectivity index (χ2v) is 6.19. The molecule has 0 fully saturated rings. The Balaban J connectivity index is 2.31. The van der Waals surface area contributed by atoms with Crippen molar-refractivity contribution >= 4 is 29.2 Å². The number of ether oxygens (including phenoxy) is 2. The van der Waals surface area contributed by atoms with Crippen LogP contribution in [0.5, 0.6) is 0 Å². The lowest BCUT2D eigenvalue weighted by molar-refractivity contribution is 0.0698. The average Bonchev–Trinajstić information content (AvgIpc) is 2.56. The van der Waals surface area contributed by atoms with Crippen molar-refractivity contribution in [2.45, 2.75) is 19.3 Å². The highest BCUT2D eigenvalue weighted by molar-refractivity contribution is 6.36. The lowest BCUT2D eigenvalue weighted by Gasteiger charge is -2.18. The maximum absolute atomic E-state index is 6.25. The molecule has 0 spiro atoms. The molecule has 7 heteroatoms.